The van der Waals surface area contributed by atoms with Crippen molar-refractivity contribution in [3.63, 3.8) is 0 Å². The second-order valence-corrected chi connectivity index (χ2v) is 7.87. The third kappa shape index (κ3) is 4.73. The zero-order valence-electron chi connectivity index (χ0n) is 19.3. The Morgan fingerprint density at radius 3 is 2.24 bits per heavy atom. The molecule has 3 aromatic carbocycles. The first-order chi connectivity index (χ1) is 16.4. The van der Waals surface area contributed by atoms with Crippen LogP contribution in [-0.4, -0.2) is 20.2 Å². The van der Waals surface area contributed by atoms with E-state index in [1.807, 2.05) is 24.3 Å². The molecule has 0 aliphatic rings. The van der Waals surface area contributed by atoms with Gasteiger partial charge in [0.1, 0.15) is 34.8 Å². The molecule has 1 heterocycles. The number of fused-ring (bicyclic) bond motifs is 1. The number of para-hydroxylation sites is 1. The van der Waals surface area contributed by atoms with E-state index in [-0.39, 0.29) is 34.0 Å². The summed E-state index contributed by atoms with van der Waals surface area (Å²) >= 11 is 0. The largest absolute Gasteiger partial charge is 0.497 e. The number of ether oxygens (including phenoxy) is 4. The fraction of sp³-hybridized carbons (Fsp3) is 0.185. The van der Waals surface area contributed by atoms with Crippen LogP contribution in [0.5, 0.6) is 28.7 Å². The van der Waals surface area contributed by atoms with Crippen molar-refractivity contribution in [3.05, 3.63) is 88.3 Å². The molecule has 4 rings (SSSR count). The third-order valence-electron chi connectivity index (χ3n) is 5.27. The van der Waals surface area contributed by atoms with Crippen LogP contribution in [0.3, 0.4) is 0 Å². The Bertz CT molecular complexity index is 1380. The average Bonchev–Trinajstić information content (AvgIpc) is 2.85. The summed E-state index contributed by atoms with van der Waals surface area (Å²) in [6.45, 7) is 4.10. The highest BCUT2D eigenvalue weighted by Gasteiger charge is 2.16. The summed E-state index contributed by atoms with van der Waals surface area (Å²) in [6, 6.07) is 16.8. The maximum Gasteiger partial charge on any atom is 0.343 e. The van der Waals surface area contributed by atoms with Gasteiger partial charge in [0.05, 0.1) is 25.2 Å². The van der Waals surface area contributed by atoms with E-state index in [1.54, 1.807) is 18.2 Å². The molecule has 0 saturated heterocycles. The van der Waals surface area contributed by atoms with Gasteiger partial charge in [0.25, 0.3) is 0 Å². The molecule has 7 nitrogen and oxygen atoms in total. The van der Waals surface area contributed by atoms with Crippen LogP contribution < -0.4 is 24.4 Å². The van der Waals surface area contributed by atoms with Gasteiger partial charge in [0.2, 0.25) is 11.2 Å². The molecule has 0 aliphatic heterocycles. The quantitative estimate of drug-likeness (QED) is 0.249. The van der Waals surface area contributed by atoms with E-state index >= 15 is 0 Å². The lowest BCUT2D eigenvalue weighted by Gasteiger charge is -2.13. The summed E-state index contributed by atoms with van der Waals surface area (Å²) in [6.07, 6.45) is 1.26. The van der Waals surface area contributed by atoms with Gasteiger partial charge in [-0.1, -0.05) is 32.0 Å². The monoisotopic (exact) mass is 460 g/mol. The predicted octanol–water partition coefficient (Wildman–Crippen LogP) is 5.95. The molecule has 1 aromatic heterocycles. The van der Waals surface area contributed by atoms with Gasteiger partial charge in [0.15, 0.2) is 0 Å². The highest BCUT2D eigenvalue weighted by atomic mass is 16.5. The van der Waals surface area contributed by atoms with E-state index in [0.717, 1.165) is 5.56 Å². The lowest BCUT2D eigenvalue weighted by Crippen LogP contribution is -2.10. The van der Waals surface area contributed by atoms with Crippen molar-refractivity contribution in [3.8, 4) is 28.7 Å². The minimum atomic E-state index is -0.607. The molecule has 174 valence electrons. The van der Waals surface area contributed by atoms with Crippen LogP contribution in [0.4, 0.5) is 0 Å². The number of esters is 1. The van der Waals surface area contributed by atoms with E-state index < -0.39 is 5.97 Å². The van der Waals surface area contributed by atoms with Crippen LogP contribution in [0.25, 0.3) is 11.0 Å². The van der Waals surface area contributed by atoms with Crippen molar-refractivity contribution in [2.75, 3.05) is 14.2 Å². The number of methoxy groups -OCH3 is 2. The van der Waals surface area contributed by atoms with Crippen molar-refractivity contribution in [1.82, 2.24) is 0 Å². The minimum absolute atomic E-state index is 0.0776. The third-order valence-corrected chi connectivity index (χ3v) is 5.27. The van der Waals surface area contributed by atoms with Gasteiger partial charge < -0.3 is 23.4 Å². The summed E-state index contributed by atoms with van der Waals surface area (Å²) in [5, 5.41) is 0.308. The fourth-order valence-electron chi connectivity index (χ4n) is 3.49. The molecule has 0 unspecified atom stereocenters. The number of rotatable bonds is 7. The second-order valence-electron chi connectivity index (χ2n) is 7.87. The van der Waals surface area contributed by atoms with Gasteiger partial charge >= 0.3 is 5.97 Å². The van der Waals surface area contributed by atoms with Gasteiger partial charge in [0, 0.05) is 12.1 Å². The number of benzene rings is 3. The summed E-state index contributed by atoms with van der Waals surface area (Å²) in [7, 11) is 2.99. The topological polar surface area (TPSA) is 84.2 Å². The van der Waals surface area contributed by atoms with Crippen molar-refractivity contribution >= 4 is 16.9 Å². The lowest BCUT2D eigenvalue weighted by molar-refractivity contribution is 0.0734. The van der Waals surface area contributed by atoms with Gasteiger partial charge in [-0.3, -0.25) is 4.79 Å². The van der Waals surface area contributed by atoms with E-state index in [0.29, 0.717) is 22.6 Å². The Morgan fingerprint density at radius 2 is 1.56 bits per heavy atom. The van der Waals surface area contributed by atoms with Crippen LogP contribution >= 0.6 is 0 Å². The van der Waals surface area contributed by atoms with Gasteiger partial charge in [-0.2, -0.15) is 0 Å². The number of carbonyl (C=O) groups is 1. The molecule has 7 heteroatoms. The number of hydrogen-bond acceptors (Lipinski definition) is 7. The van der Waals surface area contributed by atoms with Crippen LogP contribution in [0.1, 0.15) is 35.7 Å². The number of carbonyl (C=O) groups excluding carboxylic acids is 1. The van der Waals surface area contributed by atoms with Crippen molar-refractivity contribution in [2.45, 2.75) is 19.8 Å². The highest BCUT2D eigenvalue weighted by Crippen LogP contribution is 2.30. The maximum absolute atomic E-state index is 13.0. The van der Waals surface area contributed by atoms with Crippen LogP contribution in [-0.2, 0) is 0 Å². The molecule has 4 aromatic rings. The van der Waals surface area contributed by atoms with Crippen LogP contribution in [0.15, 0.2) is 76.1 Å². The number of hydrogen-bond donors (Lipinski definition) is 0. The molecular formula is C27H24O7. The van der Waals surface area contributed by atoms with Crippen LogP contribution in [0.2, 0.25) is 0 Å². The fourth-order valence-corrected chi connectivity index (χ4v) is 3.49. The first-order valence-electron chi connectivity index (χ1n) is 10.7. The summed E-state index contributed by atoms with van der Waals surface area (Å²) in [4.78, 5) is 25.6. The molecule has 0 fully saturated rings. The molecule has 0 atom stereocenters. The van der Waals surface area contributed by atoms with E-state index in [2.05, 4.69) is 13.8 Å². The highest BCUT2D eigenvalue weighted by molar-refractivity contribution is 5.92. The standard InChI is InChI=1S/C27H24O7/c1-16(2)21-7-5-6-8-23(21)34-25-15-32-24-14-18(9-10-22(24)26(25)28)33-27(29)17-11-19(30-3)13-20(12-17)31-4/h5-16H,1-4H3. The van der Waals surface area contributed by atoms with Gasteiger partial charge in [-0.25, -0.2) is 4.79 Å². The molecular weight excluding hydrogens is 436 g/mol. The van der Waals surface area contributed by atoms with Gasteiger partial charge in [-0.15, -0.1) is 0 Å². The van der Waals surface area contributed by atoms with Crippen molar-refractivity contribution in [1.29, 1.82) is 0 Å². The molecule has 0 aliphatic carbocycles. The Morgan fingerprint density at radius 1 is 0.853 bits per heavy atom. The minimum Gasteiger partial charge on any atom is -0.497 e. The van der Waals surface area contributed by atoms with E-state index in [1.165, 1.54) is 38.7 Å². The molecule has 0 saturated carbocycles. The summed E-state index contributed by atoms with van der Waals surface area (Å²) in [5.74, 6) is 1.44. The Labute approximate surface area is 196 Å². The molecule has 0 N–H and O–H groups in total. The lowest BCUT2D eigenvalue weighted by atomic mass is 10.0. The van der Waals surface area contributed by atoms with E-state index in [4.69, 9.17) is 23.4 Å². The predicted molar refractivity (Wildman–Crippen MR) is 128 cm³/mol. The van der Waals surface area contributed by atoms with Gasteiger partial charge in [-0.05, 0) is 41.8 Å². The zero-order chi connectivity index (χ0) is 24.2. The molecule has 0 bridgehead atoms. The molecule has 0 amide bonds. The Balaban J connectivity index is 1.60. The normalized spacial score (nSPS) is 10.9. The second kappa shape index (κ2) is 9.70. The molecule has 0 radical (unpaired) electrons. The smallest absolute Gasteiger partial charge is 0.343 e. The average molecular weight is 460 g/mol. The summed E-state index contributed by atoms with van der Waals surface area (Å²) in [5.41, 5.74) is 1.18. The van der Waals surface area contributed by atoms with Crippen LogP contribution in [0, 0.1) is 0 Å². The maximum atomic E-state index is 13.0. The molecule has 34 heavy (non-hydrogen) atoms. The first-order valence-corrected chi connectivity index (χ1v) is 10.7. The first kappa shape index (κ1) is 22.9. The van der Waals surface area contributed by atoms with Crippen molar-refractivity contribution in [2.24, 2.45) is 0 Å². The summed E-state index contributed by atoms with van der Waals surface area (Å²) < 4.78 is 27.4. The van der Waals surface area contributed by atoms with Crippen molar-refractivity contribution < 1.29 is 28.2 Å². The Kier molecular flexibility index (Phi) is 6.54. The molecule has 0 spiro atoms. The zero-order valence-corrected chi connectivity index (χ0v) is 19.3. The Hall–Kier alpha value is -4.26. The SMILES string of the molecule is COc1cc(OC)cc(C(=O)Oc2ccc3c(=O)c(Oc4ccccc4C(C)C)coc3c2)c1. The van der Waals surface area contributed by atoms with E-state index in [9.17, 15) is 9.59 Å².